The Kier molecular flexibility index (Phi) is 2.15. The third-order valence-corrected chi connectivity index (χ3v) is 2.55. The summed E-state index contributed by atoms with van der Waals surface area (Å²) in [6.07, 6.45) is 2.07. The number of anilines is 2. The number of hydrogen-bond acceptors (Lipinski definition) is 3. The maximum absolute atomic E-state index is 11.7. The van der Waals surface area contributed by atoms with Gasteiger partial charge in [0.15, 0.2) is 5.78 Å². The average Bonchev–Trinajstić information content (AvgIpc) is 3.00. The highest BCUT2D eigenvalue weighted by atomic mass is 16.1. The number of nitrogens with one attached hydrogen (secondary N) is 1. The van der Waals surface area contributed by atoms with Gasteiger partial charge in [-0.1, -0.05) is 0 Å². The average molecular weight is 190 g/mol. The fourth-order valence-corrected chi connectivity index (χ4v) is 1.52. The second-order valence-corrected chi connectivity index (χ2v) is 3.69. The Bertz CT molecular complexity index is 370. The second kappa shape index (κ2) is 3.33. The highest BCUT2D eigenvalue weighted by Gasteiger charge is 2.30. The zero-order valence-corrected chi connectivity index (χ0v) is 8.21. The van der Waals surface area contributed by atoms with E-state index >= 15 is 0 Å². The van der Waals surface area contributed by atoms with Gasteiger partial charge in [0.05, 0.1) is 11.4 Å². The highest BCUT2D eigenvalue weighted by Crippen LogP contribution is 2.33. The van der Waals surface area contributed by atoms with E-state index in [4.69, 9.17) is 5.73 Å². The van der Waals surface area contributed by atoms with Crippen LogP contribution < -0.4 is 11.1 Å². The van der Waals surface area contributed by atoms with E-state index in [2.05, 4.69) is 5.32 Å². The lowest BCUT2D eigenvalue weighted by atomic mass is 10.1. The number of Topliss-reactive ketones (excluding diaryl/α,β-unsaturated/α-hetero) is 1. The lowest BCUT2D eigenvalue weighted by Crippen LogP contribution is -2.03. The number of hydrogen-bond donors (Lipinski definition) is 2. The third kappa shape index (κ3) is 1.58. The van der Waals surface area contributed by atoms with Crippen LogP contribution in [0, 0.1) is 5.92 Å². The molecule has 14 heavy (non-hydrogen) atoms. The first-order chi connectivity index (χ1) is 6.72. The lowest BCUT2D eigenvalue weighted by Gasteiger charge is -2.06. The monoisotopic (exact) mass is 190 g/mol. The molecule has 2 rings (SSSR count). The molecule has 0 spiro atoms. The van der Waals surface area contributed by atoms with Crippen molar-refractivity contribution >= 4 is 17.2 Å². The van der Waals surface area contributed by atoms with Crippen LogP contribution in [-0.4, -0.2) is 12.8 Å². The van der Waals surface area contributed by atoms with E-state index in [1.54, 1.807) is 6.07 Å². The number of nitrogens with two attached hydrogens (primary N) is 1. The van der Waals surface area contributed by atoms with E-state index in [0.717, 1.165) is 24.1 Å². The van der Waals surface area contributed by atoms with Crippen molar-refractivity contribution in [3.8, 4) is 0 Å². The molecular formula is C11H14N2O. The molecule has 0 amide bonds. The summed E-state index contributed by atoms with van der Waals surface area (Å²) in [7, 11) is 1.81. The van der Waals surface area contributed by atoms with Crippen molar-refractivity contribution in [2.45, 2.75) is 12.8 Å². The molecule has 0 atom stereocenters. The van der Waals surface area contributed by atoms with Gasteiger partial charge in [-0.25, -0.2) is 0 Å². The molecule has 0 saturated heterocycles. The van der Waals surface area contributed by atoms with Crippen molar-refractivity contribution < 1.29 is 4.79 Å². The standard InChI is InChI=1S/C11H14N2O/c1-13-10-5-4-8(6-9(10)12)11(14)7-2-3-7/h4-7,13H,2-3,12H2,1H3. The first-order valence-electron chi connectivity index (χ1n) is 4.84. The van der Waals surface area contributed by atoms with Gasteiger partial charge in [-0.15, -0.1) is 0 Å². The molecule has 1 aliphatic carbocycles. The van der Waals surface area contributed by atoms with Gasteiger partial charge in [-0.05, 0) is 31.0 Å². The number of nitrogen functional groups attached to an aromatic ring is 1. The Morgan fingerprint density at radius 3 is 2.71 bits per heavy atom. The van der Waals surface area contributed by atoms with Gasteiger partial charge in [-0.3, -0.25) is 4.79 Å². The van der Waals surface area contributed by atoms with E-state index in [1.807, 2.05) is 19.2 Å². The second-order valence-electron chi connectivity index (χ2n) is 3.69. The Labute approximate surface area is 83.3 Å². The molecule has 1 saturated carbocycles. The molecule has 74 valence electrons. The lowest BCUT2D eigenvalue weighted by molar-refractivity contribution is 0.0967. The van der Waals surface area contributed by atoms with Gasteiger partial charge < -0.3 is 11.1 Å². The first kappa shape index (κ1) is 9.06. The molecule has 3 nitrogen and oxygen atoms in total. The van der Waals surface area contributed by atoms with E-state index < -0.39 is 0 Å². The van der Waals surface area contributed by atoms with E-state index in [1.165, 1.54) is 0 Å². The van der Waals surface area contributed by atoms with Gasteiger partial charge in [0.1, 0.15) is 0 Å². The Morgan fingerprint density at radius 1 is 1.50 bits per heavy atom. The van der Waals surface area contributed by atoms with Crippen LogP contribution in [0.25, 0.3) is 0 Å². The van der Waals surface area contributed by atoms with Crippen LogP contribution in [-0.2, 0) is 0 Å². The van der Waals surface area contributed by atoms with Gasteiger partial charge >= 0.3 is 0 Å². The molecule has 0 aromatic heterocycles. The van der Waals surface area contributed by atoms with Crippen molar-refractivity contribution in [1.29, 1.82) is 0 Å². The molecule has 1 aromatic carbocycles. The zero-order valence-electron chi connectivity index (χ0n) is 8.21. The molecule has 1 aliphatic rings. The van der Waals surface area contributed by atoms with Gasteiger partial charge in [-0.2, -0.15) is 0 Å². The largest absolute Gasteiger partial charge is 0.397 e. The number of carbonyl (C=O) groups excluding carboxylic acids is 1. The predicted molar refractivity (Wildman–Crippen MR) is 57.5 cm³/mol. The number of ketones is 1. The van der Waals surface area contributed by atoms with E-state index in [-0.39, 0.29) is 11.7 Å². The summed E-state index contributed by atoms with van der Waals surface area (Å²) < 4.78 is 0. The fraction of sp³-hybridized carbons (Fsp3) is 0.364. The SMILES string of the molecule is CNc1ccc(C(=O)C2CC2)cc1N. The molecule has 0 unspecified atom stereocenters. The van der Waals surface area contributed by atoms with E-state index in [0.29, 0.717) is 5.69 Å². The number of benzene rings is 1. The minimum atomic E-state index is 0.236. The van der Waals surface area contributed by atoms with Crippen LogP contribution in [0.15, 0.2) is 18.2 Å². The summed E-state index contributed by atoms with van der Waals surface area (Å²) in [6.45, 7) is 0. The summed E-state index contributed by atoms with van der Waals surface area (Å²) in [4.78, 5) is 11.7. The maximum Gasteiger partial charge on any atom is 0.166 e. The van der Waals surface area contributed by atoms with Crippen molar-refractivity contribution in [3.05, 3.63) is 23.8 Å². The normalized spacial score (nSPS) is 15.2. The van der Waals surface area contributed by atoms with Gasteiger partial charge in [0.2, 0.25) is 0 Å². The molecule has 0 aliphatic heterocycles. The molecule has 3 N–H and O–H groups in total. The summed E-state index contributed by atoms with van der Waals surface area (Å²) in [5.74, 6) is 0.495. The fourth-order valence-electron chi connectivity index (χ4n) is 1.52. The number of rotatable bonds is 3. The van der Waals surface area contributed by atoms with Crippen LogP contribution in [0.5, 0.6) is 0 Å². The van der Waals surface area contributed by atoms with Crippen molar-refractivity contribution in [1.82, 2.24) is 0 Å². The van der Waals surface area contributed by atoms with E-state index in [9.17, 15) is 4.79 Å². The minimum absolute atomic E-state index is 0.236. The van der Waals surface area contributed by atoms with Crippen LogP contribution >= 0.6 is 0 Å². The Hall–Kier alpha value is -1.51. The van der Waals surface area contributed by atoms with Crippen LogP contribution in [0.3, 0.4) is 0 Å². The van der Waals surface area contributed by atoms with Crippen LogP contribution in [0.1, 0.15) is 23.2 Å². The van der Waals surface area contributed by atoms with Crippen molar-refractivity contribution in [2.24, 2.45) is 5.92 Å². The number of carbonyl (C=O) groups is 1. The Balaban J connectivity index is 2.27. The molecule has 1 fully saturated rings. The smallest absolute Gasteiger partial charge is 0.166 e. The molecule has 0 bridgehead atoms. The van der Waals surface area contributed by atoms with Crippen molar-refractivity contribution in [3.63, 3.8) is 0 Å². The summed E-state index contributed by atoms with van der Waals surface area (Å²) in [5, 5.41) is 2.97. The molecule has 3 heteroatoms. The summed E-state index contributed by atoms with van der Waals surface area (Å²) >= 11 is 0. The van der Waals surface area contributed by atoms with Crippen molar-refractivity contribution in [2.75, 3.05) is 18.1 Å². The molecule has 0 heterocycles. The Morgan fingerprint density at radius 2 is 2.21 bits per heavy atom. The predicted octanol–water partition coefficient (Wildman–Crippen LogP) is 1.90. The zero-order chi connectivity index (χ0) is 10.1. The van der Waals surface area contributed by atoms with Gasteiger partial charge in [0.25, 0.3) is 0 Å². The van der Waals surface area contributed by atoms with Gasteiger partial charge in [0, 0.05) is 18.5 Å². The minimum Gasteiger partial charge on any atom is -0.397 e. The molecule has 1 aromatic rings. The summed E-state index contributed by atoms with van der Waals surface area (Å²) in [5.41, 5.74) is 8.03. The topological polar surface area (TPSA) is 55.1 Å². The molecular weight excluding hydrogens is 176 g/mol. The van der Waals surface area contributed by atoms with Crippen LogP contribution in [0.2, 0.25) is 0 Å². The van der Waals surface area contributed by atoms with Crippen LogP contribution in [0.4, 0.5) is 11.4 Å². The quantitative estimate of drug-likeness (QED) is 0.565. The summed E-state index contributed by atoms with van der Waals surface area (Å²) in [6, 6.07) is 5.44. The first-order valence-corrected chi connectivity index (χ1v) is 4.84. The maximum atomic E-state index is 11.7. The highest BCUT2D eigenvalue weighted by molar-refractivity contribution is 6.00. The third-order valence-electron chi connectivity index (χ3n) is 2.55. The molecule has 0 radical (unpaired) electrons.